The van der Waals surface area contributed by atoms with Crippen molar-refractivity contribution in [3.05, 3.63) is 151 Å². The number of nitrogens with zero attached hydrogens (tertiary/aromatic N) is 4. The van der Waals surface area contributed by atoms with E-state index in [1.165, 1.54) is 58.1 Å². The third-order valence-electron chi connectivity index (χ3n) is 11.8. The first-order chi connectivity index (χ1) is 24.7. The molecule has 0 unspecified atom stereocenters. The predicted octanol–water partition coefficient (Wildman–Crippen LogP) is 7.51. The number of fused-ring (bicyclic) bond motifs is 6. The Morgan fingerprint density at radius 3 is 2.06 bits per heavy atom. The molecule has 0 fully saturated rings. The van der Waals surface area contributed by atoms with E-state index in [4.69, 9.17) is 0 Å². The van der Waals surface area contributed by atoms with Gasteiger partial charge >= 0.3 is 5.69 Å². The first-order valence-electron chi connectivity index (χ1n) is 17.9. The van der Waals surface area contributed by atoms with Crippen LogP contribution < -0.4 is 21.3 Å². The molecule has 0 N–H and O–H groups in total. The van der Waals surface area contributed by atoms with E-state index in [9.17, 15) is 14.7 Å². The molecule has 5 aromatic rings. The van der Waals surface area contributed by atoms with Gasteiger partial charge in [0.1, 0.15) is 7.05 Å². The van der Waals surface area contributed by atoms with Crippen LogP contribution in [-0.2, 0) is 24.9 Å². The van der Waals surface area contributed by atoms with Gasteiger partial charge in [-0.3, -0.25) is 9.36 Å². The predicted molar refractivity (Wildman–Crippen MR) is 211 cm³/mol. The third kappa shape index (κ3) is 4.68. The second-order valence-electron chi connectivity index (χ2n) is 15.5. The summed E-state index contributed by atoms with van der Waals surface area (Å²) in [5.74, 6) is -0.573. The number of hydrogen-bond acceptors (Lipinski definition) is 4. The molecule has 52 heavy (non-hydrogen) atoms. The number of benzene rings is 4. The molecule has 262 valence electrons. The van der Waals surface area contributed by atoms with E-state index >= 15 is 0 Å². The average Bonchev–Trinajstić information content (AvgIpc) is 3.68. The lowest BCUT2D eigenvalue weighted by Gasteiger charge is -2.24. The molecule has 0 spiro atoms. The normalized spacial score (nSPS) is 19.3. The summed E-state index contributed by atoms with van der Waals surface area (Å²) < 4.78 is 4.33. The van der Waals surface area contributed by atoms with Crippen molar-refractivity contribution in [3.63, 3.8) is 0 Å². The van der Waals surface area contributed by atoms with Crippen LogP contribution in [0.3, 0.4) is 0 Å². The maximum Gasteiger partial charge on any atom is 0.329 e. The molecule has 0 atom stereocenters. The van der Waals surface area contributed by atoms with Crippen LogP contribution in [0.25, 0.3) is 27.1 Å². The Labute approximate surface area is 304 Å². The SMILES string of the molecule is CN1/C(=C/C=C2\CCC(/C=C/C3=[N+](C)c4ccc5ccccc5c4C3(C)C)=C2c2c([O-])n(C)c(=O)n(C)c2=O)C(C)(C)c2c1ccc1ccccc21. The van der Waals surface area contributed by atoms with Crippen LogP contribution in [0.4, 0.5) is 11.4 Å². The van der Waals surface area contributed by atoms with Gasteiger partial charge in [0.2, 0.25) is 5.69 Å². The minimum atomic E-state index is -0.628. The summed E-state index contributed by atoms with van der Waals surface area (Å²) in [5.41, 5.74) is 7.84. The standard InChI is InChI=1S/C45H44N4O3/c1-44(2)35(46(5)33-23-19-27-13-9-11-15-31(27)39(33)44)25-21-29-17-18-30(37(29)38-41(50)48(7)43(52)49(8)42(38)51)22-26-36-45(3,4)40-32-16-12-10-14-28(32)20-24-34(40)47(36)6/h9-16,19-26H,17-18H2,1-8H3/b29-21+,35-25+. The van der Waals surface area contributed by atoms with E-state index in [0.717, 1.165) is 31.7 Å². The molecule has 4 aromatic carbocycles. The van der Waals surface area contributed by atoms with Crippen molar-refractivity contribution in [1.82, 2.24) is 9.13 Å². The third-order valence-corrected chi connectivity index (χ3v) is 11.8. The summed E-state index contributed by atoms with van der Waals surface area (Å²) in [6.07, 6.45) is 9.79. The first kappa shape index (κ1) is 33.5. The van der Waals surface area contributed by atoms with E-state index in [2.05, 4.69) is 148 Å². The molecule has 7 heteroatoms. The van der Waals surface area contributed by atoms with Gasteiger partial charge in [0, 0.05) is 55.6 Å². The lowest BCUT2D eigenvalue weighted by Crippen LogP contribution is -2.40. The number of rotatable bonds is 4. The molecule has 3 aliphatic rings. The largest absolute Gasteiger partial charge is 0.859 e. The Morgan fingerprint density at radius 1 is 0.731 bits per heavy atom. The zero-order valence-corrected chi connectivity index (χ0v) is 31.2. The van der Waals surface area contributed by atoms with Crippen LogP contribution in [0.5, 0.6) is 5.88 Å². The van der Waals surface area contributed by atoms with Gasteiger partial charge in [0.05, 0.1) is 11.0 Å². The number of allylic oxidation sites excluding steroid dienone is 8. The zero-order chi connectivity index (χ0) is 36.9. The van der Waals surface area contributed by atoms with Gasteiger partial charge in [0.25, 0.3) is 5.56 Å². The van der Waals surface area contributed by atoms with E-state index in [1.54, 1.807) is 0 Å². The Kier molecular flexibility index (Phi) is 7.51. The Bertz CT molecular complexity index is 2680. The van der Waals surface area contributed by atoms with Gasteiger partial charge in [-0.05, 0) is 94.6 Å². The molecule has 8 rings (SSSR count). The highest BCUT2D eigenvalue weighted by Crippen LogP contribution is 2.50. The van der Waals surface area contributed by atoms with Gasteiger partial charge in [-0.1, -0.05) is 80.6 Å². The Balaban J connectivity index is 1.28. The smallest absolute Gasteiger partial charge is 0.329 e. The number of aromatic nitrogens is 2. The topological polar surface area (TPSA) is 73.3 Å². The van der Waals surface area contributed by atoms with Crippen molar-refractivity contribution in [1.29, 1.82) is 0 Å². The van der Waals surface area contributed by atoms with Crippen LogP contribution in [0.15, 0.2) is 124 Å². The van der Waals surface area contributed by atoms with Gasteiger partial charge < -0.3 is 14.6 Å². The van der Waals surface area contributed by atoms with Crippen molar-refractivity contribution >= 4 is 44.2 Å². The van der Waals surface area contributed by atoms with E-state index < -0.39 is 17.1 Å². The highest BCUT2D eigenvalue weighted by molar-refractivity contribution is 6.08. The fourth-order valence-electron chi connectivity index (χ4n) is 9.17. The quantitative estimate of drug-likeness (QED) is 0.183. The van der Waals surface area contributed by atoms with E-state index in [0.29, 0.717) is 18.4 Å². The fraction of sp³-hybridized carbons (Fsp3) is 0.267. The van der Waals surface area contributed by atoms with Crippen LogP contribution in [-0.4, -0.2) is 33.5 Å². The maximum absolute atomic E-state index is 13.8. The zero-order valence-electron chi connectivity index (χ0n) is 31.2. The Morgan fingerprint density at radius 2 is 1.37 bits per heavy atom. The summed E-state index contributed by atoms with van der Waals surface area (Å²) in [6.45, 7) is 9.01. The molecule has 1 aliphatic carbocycles. The maximum atomic E-state index is 13.8. The van der Waals surface area contributed by atoms with Crippen molar-refractivity contribution in [2.24, 2.45) is 14.1 Å². The molecule has 0 bridgehead atoms. The molecule has 0 radical (unpaired) electrons. The molecule has 0 saturated carbocycles. The Hall–Kier alpha value is -5.69. The van der Waals surface area contributed by atoms with Crippen molar-refractivity contribution in [3.8, 4) is 5.88 Å². The number of anilines is 1. The van der Waals surface area contributed by atoms with Crippen molar-refractivity contribution in [2.75, 3.05) is 19.0 Å². The number of hydrogen-bond donors (Lipinski definition) is 0. The monoisotopic (exact) mass is 688 g/mol. The highest BCUT2D eigenvalue weighted by Gasteiger charge is 2.44. The second kappa shape index (κ2) is 11.7. The van der Waals surface area contributed by atoms with Crippen LogP contribution >= 0.6 is 0 Å². The average molecular weight is 689 g/mol. The molecule has 3 heterocycles. The van der Waals surface area contributed by atoms with Crippen molar-refractivity contribution in [2.45, 2.75) is 51.4 Å². The molecular formula is C45H44N4O3. The first-order valence-corrected chi connectivity index (χ1v) is 17.9. The minimum Gasteiger partial charge on any atom is -0.859 e. The van der Waals surface area contributed by atoms with Gasteiger partial charge in [0.15, 0.2) is 5.71 Å². The van der Waals surface area contributed by atoms with Crippen LogP contribution in [0.1, 0.15) is 57.2 Å². The molecule has 0 amide bonds. The fourth-order valence-corrected chi connectivity index (χ4v) is 9.17. The van der Waals surface area contributed by atoms with E-state index in [-0.39, 0.29) is 16.4 Å². The molecule has 0 saturated heterocycles. The highest BCUT2D eigenvalue weighted by atomic mass is 16.3. The summed E-state index contributed by atoms with van der Waals surface area (Å²) in [6, 6.07) is 25.7. The lowest BCUT2D eigenvalue weighted by atomic mass is 9.79. The molecule has 7 nitrogen and oxygen atoms in total. The number of likely N-dealkylation sites (N-methyl/N-ethyl adjacent to an activating group) is 1. The summed E-state index contributed by atoms with van der Waals surface area (Å²) in [7, 11) is 7.08. The van der Waals surface area contributed by atoms with Crippen LogP contribution in [0.2, 0.25) is 0 Å². The summed E-state index contributed by atoms with van der Waals surface area (Å²) in [4.78, 5) is 28.9. The summed E-state index contributed by atoms with van der Waals surface area (Å²) >= 11 is 0. The lowest BCUT2D eigenvalue weighted by molar-refractivity contribution is -0.401. The molecule has 1 aromatic heterocycles. The summed E-state index contributed by atoms with van der Waals surface area (Å²) in [5, 5.41) is 18.7. The van der Waals surface area contributed by atoms with Gasteiger partial charge in [-0.2, -0.15) is 4.58 Å². The second-order valence-corrected chi connectivity index (χ2v) is 15.5. The van der Waals surface area contributed by atoms with Crippen LogP contribution in [0, 0.1) is 0 Å². The van der Waals surface area contributed by atoms with Gasteiger partial charge in [-0.25, -0.2) is 4.79 Å². The van der Waals surface area contributed by atoms with E-state index in [1.807, 2.05) is 0 Å². The minimum absolute atomic E-state index is 0.0398. The molecule has 2 aliphatic heterocycles. The molecular weight excluding hydrogens is 645 g/mol. The van der Waals surface area contributed by atoms with Crippen molar-refractivity contribution < 1.29 is 9.68 Å². The van der Waals surface area contributed by atoms with Gasteiger partial charge in [-0.15, -0.1) is 0 Å².